The Labute approximate surface area is 201 Å². The molecular weight excluding hydrogens is 450 g/mol. The summed E-state index contributed by atoms with van der Waals surface area (Å²) in [7, 11) is 0. The van der Waals surface area contributed by atoms with Crippen molar-refractivity contribution in [2.24, 2.45) is 0 Å². The average Bonchev–Trinajstić information content (AvgIpc) is 3.50. The van der Waals surface area contributed by atoms with Gasteiger partial charge in [-0.15, -0.1) is 0 Å². The molecule has 1 spiro atoms. The Hall–Kier alpha value is -4.27. The number of imide groups is 1. The molecule has 1 atom stereocenters. The van der Waals surface area contributed by atoms with Crippen LogP contribution in [0.3, 0.4) is 0 Å². The van der Waals surface area contributed by atoms with Crippen molar-refractivity contribution in [2.75, 3.05) is 19.9 Å². The van der Waals surface area contributed by atoms with Crippen molar-refractivity contribution >= 4 is 17.7 Å². The quantitative estimate of drug-likeness (QED) is 0.462. The van der Waals surface area contributed by atoms with Gasteiger partial charge in [-0.25, -0.2) is 4.79 Å². The predicted molar refractivity (Wildman–Crippen MR) is 124 cm³/mol. The zero-order chi connectivity index (χ0) is 24.3. The van der Waals surface area contributed by atoms with Gasteiger partial charge in [0.25, 0.3) is 5.91 Å². The number of ether oxygens (including phenoxy) is 3. The molecule has 1 aromatic heterocycles. The second kappa shape index (κ2) is 7.63. The van der Waals surface area contributed by atoms with Gasteiger partial charge in [-0.1, -0.05) is 18.2 Å². The standard InChI is InChI=1S/C26H23N3O6/c1-15-11-18(16(2)29(15)17-7-8-22-23(12-17)35-14-34-22)20(30)13-28-24(31)26(27-25(28)32)9-10-33-21-6-4-3-5-19(21)26/h3-8,11-12H,9-10,13-14H2,1-2H3,(H,27,32). The van der Waals surface area contributed by atoms with Gasteiger partial charge in [-0.05, 0) is 38.1 Å². The average molecular weight is 473 g/mol. The first kappa shape index (κ1) is 21.3. The van der Waals surface area contributed by atoms with Gasteiger partial charge in [0.15, 0.2) is 22.8 Å². The minimum Gasteiger partial charge on any atom is -0.493 e. The minimum absolute atomic E-state index is 0.177. The molecule has 178 valence electrons. The molecule has 1 unspecified atom stereocenters. The van der Waals surface area contributed by atoms with Crippen LogP contribution >= 0.6 is 0 Å². The number of hydrogen-bond donors (Lipinski definition) is 1. The number of nitrogens with zero attached hydrogens (tertiary/aromatic N) is 2. The second-order valence-corrected chi connectivity index (χ2v) is 8.90. The van der Waals surface area contributed by atoms with Crippen LogP contribution in [0.5, 0.6) is 17.2 Å². The van der Waals surface area contributed by atoms with Gasteiger partial charge in [-0.2, -0.15) is 0 Å². The molecule has 0 bridgehead atoms. The van der Waals surface area contributed by atoms with E-state index in [-0.39, 0.29) is 19.1 Å². The maximum absolute atomic E-state index is 13.5. The lowest BCUT2D eigenvalue weighted by Gasteiger charge is -2.33. The molecule has 35 heavy (non-hydrogen) atoms. The van der Waals surface area contributed by atoms with Crippen molar-refractivity contribution in [3.05, 3.63) is 71.0 Å². The van der Waals surface area contributed by atoms with Gasteiger partial charge in [0.2, 0.25) is 6.79 Å². The first-order chi connectivity index (χ1) is 16.9. The van der Waals surface area contributed by atoms with E-state index in [1.807, 2.05) is 42.7 Å². The highest BCUT2D eigenvalue weighted by Crippen LogP contribution is 2.41. The smallest absolute Gasteiger partial charge is 0.325 e. The summed E-state index contributed by atoms with van der Waals surface area (Å²) < 4.78 is 18.5. The topological polar surface area (TPSA) is 99.1 Å². The number of nitrogens with one attached hydrogen (secondary N) is 1. The van der Waals surface area contributed by atoms with Crippen LogP contribution in [0, 0.1) is 13.8 Å². The Morgan fingerprint density at radius 3 is 2.66 bits per heavy atom. The number of Topliss-reactive ketones (excluding diaryl/α,β-unsaturated/α-hetero) is 1. The molecule has 1 fully saturated rings. The van der Waals surface area contributed by atoms with Crippen molar-refractivity contribution < 1.29 is 28.6 Å². The van der Waals surface area contributed by atoms with Crippen molar-refractivity contribution in [1.82, 2.24) is 14.8 Å². The third-order valence-corrected chi connectivity index (χ3v) is 6.90. The van der Waals surface area contributed by atoms with E-state index in [1.54, 1.807) is 24.3 Å². The van der Waals surface area contributed by atoms with Crippen LogP contribution in [0.1, 0.15) is 33.7 Å². The van der Waals surface area contributed by atoms with Crippen LogP contribution < -0.4 is 19.5 Å². The fourth-order valence-electron chi connectivity index (χ4n) is 5.21. The molecule has 9 heteroatoms. The number of ketones is 1. The number of aromatic nitrogens is 1. The molecule has 3 aliphatic rings. The molecule has 0 saturated carbocycles. The van der Waals surface area contributed by atoms with Crippen LogP contribution in [0.2, 0.25) is 0 Å². The van der Waals surface area contributed by atoms with Crippen molar-refractivity contribution in [3.8, 4) is 22.9 Å². The maximum atomic E-state index is 13.5. The Morgan fingerprint density at radius 1 is 1.00 bits per heavy atom. The summed E-state index contributed by atoms with van der Waals surface area (Å²) in [5.41, 5.74) is 2.24. The van der Waals surface area contributed by atoms with E-state index in [4.69, 9.17) is 14.2 Å². The summed E-state index contributed by atoms with van der Waals surface area (Å²) in [4.78, 5) is 40.8. The van der Waals surface area contributed by atoms with E-state index in [9.17, 15) is 14.4 Å². The predicted octanol–water partition coefficient (Wildman–Crippen LogP) is 3.24. The van der Waals surface area contributed by atoms with Crippen LogP contribution in [0.25, 0.3) is 5.69 Å². The van der Waals surface area contributed by atoms with E-state index in [2.05, 4.69) is 5.32 Å². The Balaban J connectivity index is 1.29. The van der Waals surface area contributed by atoms with Gasteiger partial charge in [0, 0.05) is 40.7 Å². The van der Waals surface area contributed by atoms with Gasteiger partial charge < -0.3 is 24.1 Å². The van der Waals surface area contributed by atoms with Crippen LogP contribution in [0.4, 0.5) is 4.79 Å². The van der Waals surface area contributed by atoms with E-state index in [1.165, 1.54) is 0 Å². The summed E-state index contributed by atoms with van der Waals surface area (Å²) >= 11 is 0. The Kier molecular flexibility index (Phi) is 4.64. The highest BCUT2D eigenvalue weighted by molar-refractivity contribution is 6.12. The monoisotopic (exact) mass is 473 g/mol. The summed E-state index contributed by atoms with van der Waals surface area (Å²) in [6, 6.07) is 13.9. The zero-order valence-corrected chi connectivity index (χ0v) is 19.3. The van der Waals surface area contributed by atoms with Gasteiger partial charge in [-0.3, -0.25) is 14.5 Å². The molecule has 6 rings (SSSR count). The molecule has 2 aromatic carbocycles. The van der Waals surface area contributed by atoms with E-state index in [0.29, 0.717) is 47.1 Å². The van der Waals surface area contributed by atoms with Crippen molar-refractivity contribution in [2.45, 2.75) is 25.8 Å². The summed E-state index contributed by atoms with van der Waals surface area (Å²) in [5, 5.41) is 2.84. The number of fused-ring (bicyclic) bond motifs is 3. The normalized spacial score (nSPS) is 20.1. The fraction of sp³-hybridized carbons (Fsp3) is 0.269. The molecule has 3 aliphatic heterocycles. The highest BCUT2D eigenvalue weighted by atomic mass is 16.7. The molecule has 3 amide bonds. The lowest BCUT2D eigenvalue weighted by molar-refractivity contribution is -0.132. The highest BCUT2D eigenvalue weighted by Gasteiger charge is 2.55. The lowest BCUT2D eigenvalue weighted by atomic mass is 9.84. The van der Waals surface area contributed by atoms with Crippen LogP contribution in [-0.4, -0.2) is 47.1 Å². The van der Waals surface area contributed by atoms with Gasteiger partial charge in [0.05, 0.1) is 13.2 Å². The maximum Gasteiger partial charge on any atom is 0.325 e. The number of benzene rings is 2. The third-order valence-electron chi connectivity index (χ3n) is 6.90. The minimum atomic E-state index is -1.21. The molecule has 0 radical (unpaired) electrons. The summed E-state index contributed by atoms with van der Waals surface area (Å²) in [6.07, 6.45) is 0.303. The lowest BCUT2D eigenvalue weighted by Crippen LogP contribution is -2.47. The number of aryl methyl sites for hydroxylation is 1. The molecular formula is C26H23N3O6. The number of carbonyl (C=O) groups is 3. The molecule has 1 saturated heterocycles. The van der Waals surface area contributed by atoms with Gasteiger partial charge in [0.1, 0.15) is 5.75 Å². The first-order valence-electron chi connectivity index (χ1n) is 11.4. The van der Waals surface area contributed by atoms with E-state index in [0.717, 1.165) is 16.3 Å². The van der Waals surface area contributed by atoms with Crippen LogP contribution in [0.15, 0.2) is 48.5 Å². The van der Waals surface area contributed by atoms with Crippen molar-refractivity contribution in [3.63, 3.8) is 0 Å². The van der Waals surface area contributed by atoms with E-state index >= 15 is 0 Å². The number of urea groups is 1. The van der Waals surface area contributed by atoms with Crippen LogP contribution in [-0.2, 0) is 10.3 Å². The number of para-hydroxylation sites is 1. The number of hydrogen-bond acceptors (Lipinski definition) is 6. The molecule has 3 aromatic rings. The molecule has 0 aliphatic carbocycles. The largest absolute Gasteiger partial charge is 0.493 e. The zero-order valence-electron chi connectivity index (χ0n) is 19.3. The van der Waals surface area contributed by atoms with Gasteiger partial charge >= 0.3 is 6.03 Å². The Bertz CT molecular complexity index is 1410. The first-order valence-corrected chi connectivity index (χ1v) is 11.4. The fourth-order valence-corrected chi connectivity index (χ4v) is 5.21. The second-order valence-electron chi connectivity index (χ2n) is 8.90. The molecule has 9 nitrogen and oxygen atoms in total. The third kappa shape index (κ3) is 3.11. The Morgan fingerprint density at radius 2 is 1.80 bits per heavy atom. The number of carbonyl (C=O) groups excluding carboxylic acids is 3. The molecule has 1 N–H and O–H groups in total. The van der Waals surface area contributed by atoms with E-state index < -0.39 is 17.5 Å². The van der Waals surface area contributed by atoms with Crippen molar-refractivity contribution in [1.29, 1.82) is 0 Å². The molecule has 4 heterocycles. The number of amides is 3. The number of rotatable bonds is 4. The summed E-state index contributed by atoms with van der Waals surface area (Å²) in [6.45, 7) is 3.86. The summed E-state index contributed by atoms with van der Waals surface area (Å²) in [5.74, 6) is 1.13. The SMILES string of the molecule is Cc1cc(C(=O)CN2C(=O)NC3(CCOc4ccccc43)C2=O)c(C)n1-c1ccc2c(c1)OCO2.